The number of hydrogen-bond acceptors (Lipinski definition) is 9. The van der Waals surface area contributed by atoms with Gasteiger partial charge >= 0.3 is 0 Å². The zero-order chi connectivity index (χ0) is 22.4. The minimum absolute atomic E-state index is 0.0215. The van der Waals surface area contributed by atoms with Gasteiger partial charge in [-0.25, -0.2) is 13.1 Å². The number of rotatable bonds is 9. The summed E-state index contributed by atoms with van der Waals surface area (Å²) in [6, 6.07) is 5.77. The van der Waals surface area contributed by atoms with Crippen molar-refractivity contribution in [2.24, 2.45) is 0 Å². The topological polar surface area (TPSA) is 150 Å². The molecular formula is C19H28N8O3S. The van der Waals surface area contributed by atoms with Crippen molar-refractivity contribution in [3.8, 4) is 0 Å². The van der Waals surface area contributed by atoms with Gasteiger partial charge in [-0.1, -0.05) is 0 Å². The Morgan fingerprint density at radius 1 is 1.13 bits per heavy atom. The largest absolute Gasteiger partial charge is 0.354 e. The minimum Gasteiger partial charge on any atom is -0.354 e. The fourth-order valence-corrected chi connectivity index (χ4v) is 3.96. The number of nitrogens with one attached hydrogen (secondary N) is 5. The summed E-state index contributed by atoms with van der Waals surface area (Å²) in [6.07, 6.45) is 1.75. The van der Waals surface area contributed by atoms with Crippen LogP contribution < -0.4 is 26.0 Å². The molecule has 1 aromatic carbocycles. The lowest BCUT2D eigenvalue weighted by Crippen LogP contribution is -2.35. The van der Waals surface area contributed by atoms with Gasteiger partial charge in [0.25, 0.3) is 10.0 Å². The van der Waals surface area contributed by atoms with E-state index in [9.17, 15) is 13.2 Å². The number of anilines is 4. The maximum absolute atomic E-state index is 12.8. The average Bonchev–Trinajstić information content (AvgIpc) is 3.22. The second-order valence-electron chi connectivity index (χ2n) is 7.40. The Morgan fingerprint density at radius 3 is 2.42 bits per heavy atom. The zero-order valence-corrected chi connectivity index (χ0v) is 18.6. The van der Waals surface area contributed by atoms with Gasteiger partial charge in [0.15, 0.2) is 0 Å². The van der Waals surface area contributed by atoms with Crippen LogP contribution in [-0.2, 0) is 14.8 Å². The molecule has 11 nitrogen and oxygen atoms in total. The first-order valence-electron chi connectivity index (χ1n) is 10.2. The molecule has 0 saturated carbocycles. The van der Waals surface area contributed by atoms with Crippen molar-refractivity contribution in [1.29, 1.82) is 0 Å². The lowest BCUT2D eigenvalue weighted by Gasteiger charge is -2.13. The highest BCUT2D eigenvalue weighted by Crippen LogP contribution is 2.19. The molecule has 1 unspecified atom stereocenters. The summed E-state index contributed by atoms with van der Waals surface area (Å²) >= 11 is 0. The van der Waals surface area contributed by atoms with Gasteiger partial charge in [0, 0.05) is 18.3 Å². The molecule has 0 aliphatic carbocycles. The third-order valence-corrected chi connectivity index (χ3v) is 5.77. The van der Waals surface area contributed by atoms with Crippen molar-refractivity contribution in [2.45, 2.75) is 50.6 Å². The van der Waals surface area contributed by atoms with Gasteiger partial charge in [0.2, 0.25) is 23.8 Å². The van der Waals surface area contributed by atoms with Gasteiger partial charge in [-0.2, -0.15) is 15.0 Å². The van der Waals surface area contributed by atoms with Crippen molar-refractivity contribution < 1.29 is 13.2 Å². The third kappa shape index (κ3) is 6.25. The Kier molecular flexibility index (Phi) is 7.23. The first-order chi connectivity index (χ1) is 14.8. The lowest BCUT2D eigenvalue weighted by molar-refractivity contribution is -0.117. The molecule has 1 atom stereocenters. The molecule has 1 aliphatic heterocycles. The van der Waals surface area contributed by atoms with Crippen LogP contribution in [0.1, 0.15) is 33.6 Å². The van der Waals surface area contributed by atoms with Crippen molar-refractivity contribution in [2.75, 3.05) is 33.8 Å². The predicted molar refractivity (Wildman–Crippen MR) is 120 cm³/mol. The number of hydrogen-bond donors (Lipinski definition) is 5. The molecule has 1 aliphatic rings. The normalized spacial score (nSPS) is 16.2. The van der Waals surface area contributed by atoms with E-state index in [1.54, 1.807) is 12.1 Å². The second kappa shape index (κ2) is 9.88. The van der Waals surface area contributed by atoms with Crippen LogP contribution >= 0.6 is 0 Å². The standard InChI is InChI=1S/C19H28N8O3S/c1-4-20-17-24-18(22-12(2)3)26-19(25-17)27-31(29,30)14-9-7-13(8-10-14)23-16(28)15-6-5-11-21-15/h7-10,12,15,21H,4-6,11H2,1-3H3,(H,23,28)(H3,20,22,24,25,26,27). The van der Waals surface area contributed by atoms with Crippen molar-refractivity contribution in [3.05, 3.63) is 24.3 Å². The first kappa shape index (κ1) is 22.7. The maximum Gasteiger partial charge on any atom is 0.264 e. The van der Waals surface area contributed by atoms with Crippen LogP contribution in [0.4, 0.5) is 23.5 Å². The molecule has 31 heavy (non-hydrogen) atoms. The summed E-state index contributed by atoms with van der Waals surface area (Å²) in [5, 5.41) is 11.9. The smallest absolute Gasteiger partial charge is 0.264 e. The molecule has 2 heterocycles. The zero-order valence-electron chi connectivity index (χ0n) is 17.8. The molecule has 0 spiro atoms. The number of carbonyl (C=O) groups is 1. The second-order valence-corrected chi connectivity index (χ2v) is 9.09. The number of aromatic nitrogens is 3. The summed E-state index contributed by atoms with van der Waals surface area (Å²) in [6.45, 7) is 7.11. The highest BCUT2D eigenvalue weighted by atomic mass is 32.2. The number of benzene rings is 1. The van der Waals surface area contributed by atoms with Crippen LogP contribution in [0, 0.1) is 0 Å². The van der Waals surface area contributed by atoms with Gasteiger partial charge < -0.3 is 21.3 Å². The summed E-state index contributed by atoms with van der Waals surface area (Å²) < 4.78 is 28.0. The van der Waals surface area contributed by atoms with Crippen LogP contribution in [0.2, 0.25) is 0 Å². The van der Waals surface area contributed by atoms with E-state index in [0.717, 1.165) is 19.4 Å². The van der Waals surface area contributed by atoms with Crippen molar-refractivity contribution in [1.82, 2.24) is 20.3 Å². The molecule has 1 amide bonds. The SMILES string of the molecule is CCNc1nc(NC(C)C)nc(NS(=O)(=O)c2ccc(NC(=O)C3CCCN3)cc2)n1. The van der Waals surface area contributed by atoms with E-state index in [-0.39, 0.29) is 40.7 Å². The van der Waals surface area contributed by atoms with Crippen molar-refractivity contribution >= 4 is 39.5 Å². The molecule has 1 saturated heterocycles. The summed E-state index contributed by atoms with van der Waals surface area (Å²) in [7, 11) is -3.93. The van der Waals surface area contributed by atoms with Crippen LogP contribution in [0.5, 0.6) is 0 Å². The predicted octanol–water partition coefficient (Wildman–Crippen LogP) is 1.61. The summed E-state index contributed by atoms with van der Waals surface area (Å²) in [4.78, 5) is 24.7. The maximum atomic E-state index is 12.8. The molecular weight excluding hydrogens is 420 g/mol. The molecule has 3 rings (SSSR count). The van der Waals surface area contributed by atoms with E-state index in [4.69, 9.17) is 0 Å². The van der Waals surface area contributed by atoms with E-state index < -0.39 is 10.0 Å². The lowest BCUT2D eigenvalue weighted by atomic mass is 10.2. The van der Waals surface area contributed by atoms with Crippen LogP contribution in [0.25, 0.3) is 0 Å². The Morgan fingerprint density at radius 2 is 1.81 bits per heavy atom. The molecule has 1 aromatic heterocycles. The third-order valence-electron chi connectivity index (χ3n) is 4.42. The van der Waals surface area contributed by atoms with Gasteiger partial charge in [0.05, 0.1) is 10.9 Å². The Hall–Kier alpha value is -2.99. The number of amides is 1. The van der Waals surface area contributed by atoms with Crippen molar-refractivity contribution in [3.63, 3.8) is 0 Å². The van der Waals surface area contributed by atoms with Gasteiger partial charge in [0.1, 0.15) is 0 Å². The van der Waals surface area contributed by atoms with E-state index >= 15 is 0 Å². The van der Waals surface area contributed by atoms with E-state index in [0.29, 0.717) is 12.2 Å². The molecule has 0 bridgehead atoms. The molecule has 12 heteroatoms. The number of nitrogens with zero attached hydrogens (tertiary/aromatic N) is 3. The first-order valence-corrected chi connectivity index (χ1v) is 11.7. The highest BCUT2D eigenvalue weighted by molar-refractivity contribution is 7.92. The average molecular weight is 449 g/mol. The number of carbonyl (C=O) groups excluding carboxylic acids is 1. The van der Waals surface area contributed by atoms with Gasteiger partial charge in [-0.15, -0.1) is 0 Å². The Bertz CT molecular complexity index is 1010. The van der Waals surface area contributed by atoms with E-state index in [2.05, 4.69) is 40.9 Å². The molecule has 0 radical (unpaired) electrons. The van der Waals surface area contributed by atoms with Crippen LogP contribution in [0.3, 0.4) is 0 Å². The van der Waals surface area contributed by atoms with Gasteiger partial charge in [-0.05, 0) is 64.4 Å². The van der Waals surface area contributed by atoms with Gasteiger partial charge in [-0.3, -0.25) is 4.79 Å². The number of sulfonamides is 1. The fraction of sp³-hybridized carbons (Fsp3) is 0.474. The van der Waals surface area contributed by atoms with Crippen LogP contribution in [-0.4, -0.2) is 54.5 Å². The summed E-state index contributed by atoms with van der Waals surface area (Å²) in [5.41, 5.74) is 0.524. The molecule has 2 aromatic rings. The Labute approximate surface area is 181 Å². The monoisotopic (exact) mass is 448 g/mol. The minimum atomic E-state index is -3.93. The van der Waals surface area contributed by atoms with E-state index in [1.807, 2.05) is 20.8 Å². The van der Waals surface area contributed by atoms with E-state index in [1.165, 1.54) is 12.1 Å². The van der Waals surface area contributed by atoms with Crippen LogP contribution in [0.15, 0.2) is 29.2 Å². The Balaban J connectivity index is 1.74. The quantitative estimate of drug-likeness (QED) is 0.385. The summed E-state index contributed by atoms with van der Waals surface area (Å²) in [5.74, 6) is 0.297. The molecule has 1 fully saturated rings. The molecule has 168 valence electrons. The highest BCUT2D eigenvalue weighted by Gasteiger charge is 2.22. The molecule has 5 N–H and O–H groups in total. The fourth-order valence-electron chi connectivity index (χ4n) is 3.02.